The first kappa shape index (κ1) is 11.9. The maximum atomic E-state index is 11.2. The number of benzene rings is 1. The summed E-state index contributed by atoms with van der Waals surface area (Å²) >= 11 is 0. The molecule has 2 fully saturated rings. The van der Waals surface area contributed by atoms with Crippen LogP contribution in [0.4, 0.5) is 0 Å². The Morgan fingerprint density at radius 2 is 2.25 bits per heavy atom. The fraction of sp³-hybridized carbons (Fsp3) is 0.500. The van der Waals surface area contributed by atoms with E-state index in [1.807, 2.05) is 6.07 Å². The Labute approximate surface area is 117 Å². The van der Waals surface area contributed by atoms with Gasteiger partial charge in [-0.15, -0.1) is 0 Å². The summed E-state index contributed by atoms with van der Waals surface area (Å²) in [7, 11) is 0. The molecule has 1 aromatic carbocycles. The number of imidazole rings is 1. The predicted molar refractivity (Wildman–Crippen MR) is 75.7 cm³/mol. The Morgan fingerprint density at radius 1 is 1.35 bits per heavy atom. The number of nitrogens with zero attached hydrogens (tertiary/aromatic N) is 1. The Morgan fingerprint density at radius 3 is 2.95 bits per heavy atom. The molecule has 3 atom stereocenters. The highest BCUT2D eigenvalue weighted by Crippen LogP contribution is 2.49. The van der Waals surface area contributed by atoms with Gasteiger partial charge in [-0.25, -0.2) is 9.78 Å². The number of hydrogen-bond donors (Lipinski definition) is 2. The van der Waals surface area contributed by atoms with Crippen LogP contribution in [-0.2, 0) is 6.42 Å². The molecule has 0 amide bonds. The summed E-state index contributed by atoms with van der Waals surface area (Å²) < 4.78 is 0. The van der Waals surface area contributed by atoms with Crippen molar-refractivity contribution in [1.82, 2.24) is 9.97 Å². The third-order valence-corrected chi connectivity index (χ3v) is 5.13. The van der Waals surface area contributed by atoms with E-state index >= 15 is 0 Å². The Balaban J connectivity index is 1.64. The van der Waals surface area contributed by atoms with Gasteiger partial charge in [0.25, 0.3) is 0 Å². The van der Waals surface area contributed by atoms with Crippen LogP contribution in [0, 0.1) is 17.8 Å². The third-order valence-electron chi connectivity index (χ3n) is 5.13. The number of aromatic nitrogens is 2. The van der Waals surface area contributed by atoms with Gasteiger partial charge in [0.1, 0.15) is 11.3 Å². The molecular formula is C16H18N2O2. The van der Waals surface area contributed by atoms with E-state index in [1.165, 1.54) is 25.7 Å². The zero-order valence-electron chi connectivity index (χ0n) is 11.3. The van der Waals surface area contributed by atoms with E-state index in [9.17, 15) is 9.90 Å². The van der Waals surface area contributed by atoms with Gasteiger partial charge in [-0.05, 0) is 49.1 Å². The van der Waals surface area contributed by atoms with Crippen molar-refractivity contribution in [1.29, 1.82) is 0 Å². The summed E-state index contributed by atoms with van der Waals surface area (Å²) in [6, 6.07) is 5.29. The summed E-state index contributed by atoms with van der Waals surface area (Å²) in [5.41, 5.74) is 1.72. The lowest BCUT2D eigenvalue weighted by Crippen LogP contribution is -2.13. The van der Waals surface area contributed by atoms with E-state index in [4.69, 9.17) is 0 Å². The summed E-state index contributed by atoms with van der Waals surface area (Å²) in [4.78, 5) is 19.1. The normalized spacial score (nSPS) is 28.3. The second kappa shape index (κ2) is 4.33. The number of carboxylic acids is 1. The van der Waals surface area contributed by atoms with Crippen LogP contribution >= 0.6 is 0 Å². The van der Waals surface area contributed by atoms with Crippen LogP contribution < -0.4 is 0 Å². The highest BCUT2D eigenvalue weighted by atomic mass is 16.4. The standard InChI is InChI=1S/C16H18N2O2/c19-16(20)12-2-1-3-13-15(12)18-14(17-13)8-11-7-9-4-5-10(11)6-9/h1-3,9-11H,4-8H2,(H,17,18)(H,19,20). The van der Waals surface area contributed by atoms with Crippen LogP contribution in [0.5, 0.6) is 0 Å². The maximum absolute atomic E-state index is 11.2. The molecular weight excluding hydrogens is 252 g/mol. The second-order valence-corrected chi connectivity index (χ2v) is 6.33. The van der Waals surface area contributed by atoms with Gasteiger partial charge in [-0.1, -0.05) is 12.5 Å². The van der Waals surface area contributed by atoms with Gasteiger partial charge in [0.2, 0.25) is 0 Å². The highest BCUT2D eigenvalue weighted by molar-refractivity contribution is 6.00. The van der Waals surface area contributed by atoms with Crippen molar-refractivity contribution < 1.29 is 9.90 Å². The summed E-state index contributed by atoms with van der Waals surface area (Å²) in [5.74, 6) is 2.58. The smallest absolute Gasteiger partial charge is 0.337 e. The molecule has 1 heterocycles. The molecule has 1 aromatic heterocycles. The zero-order valence-corrected chi connectivity index (χ0v) is 11.3. The van der Waals surface area contributed by atoms with Crippen molar-refractivity contribution >= 4 is 17.0 Å². The SMILES string of the molecule is O=C(O)c1cccc2[nH]c(CC3CC4CCC3C4)nc12. The van der Waals surface area contributed by atoms with Gasteiger partial charge >= 0.3 is 5.97 Å². The van der Waals surface area contributed by atoms with E-state index in [0.29, 0.717) is 5.52 Å². The minimum Gasteiger partial charge on any atom is -0.478 e. The largest absolute Gasteiger partial charge is 0.478 e. The van der Waals surface area contributed by atoms with Gasteiger partial charge in [0.05, 0.1) is 11.1 Å². The van der Waals surface area contributed by atoms with E-state index in [2.05, 4.69) is 9.97 Å². The predicted octanol–water partition coefficient (Wildman–Crippen LogP) is 3.24. The molecule has 3 unspecified atom stereocenters. The van der Waals surface area contributed by atoms with E-state index in [-0.39, 0.29) is 5.56 Å². The minimum absolute atomic E-state index is 0.290. The number of nitrogens with one attached hydrogen (secondary N) is 1. The molecule has 2 aliphatic rings. The number of carboxylic acid groups (broad SMARTS) is 1. The van der Waals surface area contributed by atoms with E-state index < -0.39 is 5.97 Å². The summed E-state index contributed by atoms with van der Waals surface area (Å²) in [6.45, 7) is 0. The first-order valence-electron chi connectivity index (χ1n) is 7.41. The zero-order chi connectivity index (χ0) is 13.7. The maximum Gasteiger partial charge on any atom is 0.337 e. The Bertz CT molecular complexity index is 676. The van der Waals surface area contributed by atoms with Gasteiger partial charge in [-0.2, -0.15) is 0 Å². The van der Waals surface area contributed by atoms with Gasteiger partial charge in [-0.3, -0.25) is 0 Å². The molecule has 2 N–H and O–H groups in total. The van der Waals surface area contributed by atoms with Crippen LogP contribution in [0.15, 0.2) is 18.2 Å². The van der Waals surface area contributed by atoms with Crippen LogP contribution in [0.1, 0.15) is 41.9 Å². The van der Waals surface area contributed by atoms with Crippen molar-refractivity contribution in [3.05, 3.63) is 29.6 Å². The monoisotopic (exact) mass is 270 g/mol. The molecule has 0 aliphatic heterocycles. The Hall–Kier alpha value is -1.84. The van der Waals surface area contributed by atoms with E-state index in [0.717, 1.165) is 35.5 Å². The first-order chi connectivity index (χ1) is 9.70. The quantitative estimate of drug-likeness (QED) is 0.899. The lowest BCUT2D eigenvalue weighted by atomic mass is 9.86. The van der Waals surface area contributed by atoms with Gasteiger partial charge < -0.3 is 10.1 Å². The average molecular weight is 270 g/mol. The van der Waals surface area contributed by atoms with Crippen LogP contribution in [-0.4, -0.2) is 21.0 Å². The summed E-state index contributed by atoms with van der Waals surface area (Å²) in [6.07, 6.45) is 6.47. The first-order valence-corrected chi connectivity index (χ1v) is 7.41. The van der Waals surface area contributed by atoms with Crippen LogP contribution in [0.25, 0.3) is 11.0 Å². The molecule has 4 nitrogen and oxygen atoms in total. The molecule has 2 aliphatic carbocycles. The molecule has 2 aromatic rings. The molecule has 20 heavy (non-hydrogen) atoms. The van der Waals surface area contributed by atoms with E-state index in [1.54, 1.807) is 12.1 Å². The molecule has 0 spiro atoms. The fourth-order valence-electron chi connectivity index (χ4n) is 4.23. The third kappa shape index (κ3) is 1.82. The van der Waals surface area contributed by atoms with Gasteiger partial charge in [0, 0.05) is 6.42 Å². The molecule has 2 saturated carbocycles. The van der Waals surface area contributed by atoms with Gasteiger partial charge in [0.15, 0.2) is 0 Å². The van der Waals surface area contributed by atoms with Crippen LogP contribution in [0.3, 0.4) is 0 Å². The Kier molecular flexibility index (Phi) is 2.59. The number of para-hydroxylation sites is 1. The lowest BCUT2D eigenvalue weighted by Gasteiger charge is -2.20. The number of rotatable bonds is 3. The average Bonchev–Trinajstić information content (AvgIpc) is 3.11. The number of H-pyrrole nitrogens is 1. The van der Waals surface area contributed by atoms with Crippen molar-refractivity contribution in [2.45, 2.75) is 32.1 Å². The van der Waals surface area contributed by atoms with Crippen molar-refractivity contribution in [2.24, 2.45) is 17.8 Å². The highest BCUT2D eigenvalue weighted by Gasteiger charge is 2.39. The number of aromatic carboxylic acids is 1. The minimum atomic E-state index is -0.909. The molecule has 104 valence electrons. The molecule has 0 saturated heterocycles. The van der Waals surface area contributed by atoms with Crippen LogP contribution in [0.2, 0.25) is 0 Å². The van der Waals surface area contributed by atoms with Crippen molar-refractivity contribution in [3.63, 3.8) is 0 Å². The second-order valence-electron chi connectivity index (χ2n) is 6.33. The molecule has 4 heteroatoms. The van der Waals surface area contributed by atoms with Crippen molar-refractivity contribution in [2.75, 3.05) is 0 Å². The number of aromatic amines is 1. The number of fused-ring (bicyclic) bond motifs is 3. The fourth-order valence-corrected chi connectivity index (χ4v) is 4.23. The molecule has 4 rings (SSSR count). The molecule has 2 bridgehead atoms. The topological polar surface area (TPSA) is 66.0 Å². The lowest BCUT2D eigenvalue weighted by molar-refractivity contribution is 0.0699. The molecule has 0 radical (unpaired) electrons. The van der Waals surface area contributed by atoms with Crippen molar-refractivity contribution in [3.8, 4) is 0 Å². The summed E-state index contributed by atoms with van der Waals surface area (Å²) in [5, 5.41) is 9.21. The number of carbonyl (C=O) groups is 1. The number of hydrogen-bond acceptors (Lipinski definition) is 2.